The van der Waals surface area contributed by atoms with Gasteiger partial charge in [-0.05, 0) is 13.0 Å². The second kappa shape index (κ2) is 5.54. The molecule has 7 heteroatoms. The summed E-state index contributed by atoms with van der Waals surface area (Å²) >= 11 is 1.38. The normalized spacial score (nSPS) is 18.2. The van der Waals surface area contributed by atoms with E-state index in [4.69, 9.17) is 4.74 Å². The van der Waals surface area contributed by atoms with Crippen LogP contribution >= 0.6 is 11.3 Å². The molecule has 1 unspecified atom stereocenters. The minimum Gasteiger partial charge on any atom is -0.458 e. The molecule has 0 saturated carbocycles. The number of rotatable bonds is 3. The number of thiazole rings is 1. The van der Waals surface area contributed by atoms with E-state index < -0.39 is 0 Å². The van der Waals surface area contributed by atoms with Crippen LogP contribution in [0.3, 0.4) is 0 Å². The number of carbonyl (C=O) groups excluding carboxylic acids is 1. The first kappa shape index (κ1) is 13.0. The van der Waals surface area contributed by atoms with Gasteiger partial charge in [0.25, 0.3) is 5.91 Å². The molecule has 0 radical (unpaired) electrons. The van der Waals surface area contributed by atoms with Crippen molar-refractivity contribution in [3.8, 4) is 6.01 Å². The van der Waals surface area contributed by atoms with Gasteiger partial charge >= 0.3 is 6.01 Å². The van der Waals surface area contributed by atoms with Gasteiger partial charge in [-0.15, -0.1) is 11.3 Å². The molecule has 0 N–H and O–H groups in total. The van der Waals surface area contributed by atoms with E-state index in [2.05, 4.69) is 15.0 Å². The van der Waals surface area contributed by atoms with E-state index in [-0.39, 0.29) is 12.0 Å². The topological polar surface area (TPSA) is 68.2 Å². The summed E-state index contributed by atoms with van der Waals surface area (Å²) in [6.45, 7) is 3.10. The van der Waals surface area contributed by atoms with Gasteiger partial charge < -0.3 is 9.64 Å². The number of carbonyl (C=O) groups is 1. The zero-order valence-corrected chi connectivity index (χ0v) is 11.8. The first-order chi connectivity index (χ1) is 9.74. The zero-order valence-electron chi connectivity index (χ0n) is 11.0. The highest BCUT2D eigenvalue weighted by Crippen LogP contribution is 2.20. The number of aromatic nitrogens is 3. The summed E-state index contributed by atoms with van der Waals surface area (Å²) in [5, 5.41) is 0. The van der Waals surface area contributed by atoms with Gasteiger partial charge in [-0.3, -0.25) is 4.79 Å². The third kappa shape index (κ3) is 2.62. The molecule has 0 bridgehead atoms. The Balaban J connectivity index is 1.62. The van der Waals surface area contributed by atoms with Crippen LogP contribution in [0.4, 0.5) is 0 Å². The third-order valence-corrected chi connectivity index (χ3v) is 4.10. The Morgan fingerprint density at radius 2 is 2.20 bits per heavy atom. The molecule has 0 aliphatic carbocycles. The number of ether oxygens (including phenoxy) is 1. The molecule has 0 spiro atoms. The molecule has 0 aromatic carbocycles. The van der Waals surface area contributed by atoms with Gasteiger partial charge in [0.05, 0.1) is 17.7 Å². The van der Waals surface area contributed by atoms with Gasteiger partial charge in [0.15, 0.2) is 0 Å². The van der Waals surface area contributed by atoms with Gasteiger partial charge in [0.2, 0.25) is 0 Å². The SMILES string of the molecule is Cc1ncsc1C(=O)N1CCC(Oc2ncccn2)C1. The summed E-state index contributed by atoms with van der Waals surface area (Å²) in [4.78, 5) is 27.0. The van der Waals surface area contributed by atoms with E-state index in [1.165, 1.54) is 11.3 Å². The summed E-state index contributed by atoms with van der Waals surface area (Å²) in [5.74, 6) is 0.0325. The molecule has 20 heavy (non-hydrogen) atoms. The Hall–Kier alpha value is -2.02. The number of hydrogen-bond acceptors (Lipinski definition) is 6. The molecule has 1 saturated heterocycles. The van der Waals surface area contributed by atoms with E-state index in [9.17, 15) is 4.79 Å². The standard InChI is InChI=1S/C13H14N4O2S/c1-9-11(20-8-16-9)12(18)17-6-3-10(7-17)19-13-14-4-2-5-15-13/h2,4-5,8,10H,3,6-7H2,1H3. The van der Waals surface area contributed by atoms with Crippen LogP contribution in [-0.2, 0) is 0 Å². The van der Waals surface area contributed by atoms with Crippen LogP contribution in [0.15, 0.2) is 24.0 Å². The fraction of sp³-hybridized carbons (Fsp3) is 0.385. The number of likely N-dealkylation sites (tertiary alicyclic amines) is 1. The minimum absolute atomic E-state index is 0.0325. The second-order valence-corrected chi connectivity index (χ2v) is 5.43. The molecule has 1 fully saturated rings. The monoisotopic (exact) mass is 290 g/mol. The Morgan fingerprint density at radius 1 is 1.40 bits per heavy atom. The number of aryl methyl sites for hydroxylation is 1. The molecule has 6 nitrogen and oxygen atoms in total. The molecule has 2 aromatic heterocycles. The third-order valence-electron chi connectivity index (χ3n) is 3.19. The highest BCUT2D eigenvalue weighted by molar-refractivity contribution is 7.11. The maximum absolute atomic E-state index is 12.3. The van der Waals surface area contributed by atoms with Crippen molar-refractivity contribution >= 4 is 17.2 Å². The quantitative estimate of drug-likeness (QED) is 0.857. The van der Waals surface area contributed by atoms with Crippen LogP contribution < -0.4 is 4.74 Å². The lowest BCUT2D eigenvalue weighted by molar-refractivity contribution is 0.0773. The van der Waals surface area contributed by atoms with Crippen LogP contribution in [0, 0.1) is 6.92 Å². The lowest BCUT2D eigenvalue weighted by Crippen LogP contribution is -2.31. The predicted molar refractivity (Wildman–Crippen MR) is 73.8 cm³/mol. The average Bonchev–Trinajstić information content (AvgIpc) is 3.08. The van der Waals surface area contributed by atoms with Gasteiger partial charge in [-0.25, -0.2) is 15.0 Å². The summed E-state index contributed by atoms with van der Waals surface area (Å²) in [6, 6.07) is 2.10. The zero-order chi connectivity index (χ0) is 13.9. The smallest absolute Gasteiger partial charge is 0.316 e. The predicted octanol–water partition coefficient (Wildman–Crippen LogP) is 1.54. The van der Waals surface area contributed by atoms with Gasteiger partial charge in [0.1, 0.15) is 11.0 Å². The van der Waals surface area contributed by atoms with Crippen LogP contribution in [-0.4, -0.2) is 45.0 Å². The van der Waals surface area contributed by atoms with Crippen LogP contribution in [0.1, 0.15) is 21.8 Å². The van der Waals surface area contributed by atoms with Crippen molar-refractivity contribution in [3.63, 3.8) is 0 Å². The summed E-state index contributed by atoms with van der Waals surface area (Å²) < 4.78 is 5.67. The van der Waals surface area contributed by atoms with Gasteiger partial charge in [0, 0.05) is 25.4 Å². The molecule has 3 heterocycles. The fourth-order valence-electron chi connectivity index (χ4n) is 2.15. The lowest BCUT2D eigenvalue weighted by atomic mass is 10.3. The van der Waals surface area contributed by atoms with Crippen molar-refractivity contribution in [2.24, 2.45) is 0 Å². The molecular formula is C13H14N4O2S. The molecule has 1 atom stereocenters. The van der Waals surface area contributed by atoms with Crippen molar-refractivity contribution in [1.82, 2.24) is 19.9 Å². The van der Waals surface area contributed by atoms with Gasteiger partial charge in [-0.2, -0.15) is 0 Å². The Kier molecular flexibility index (Phi) is 3.60. The van der Waals surface area contributed by atoms with E-state index in [1.54, 1.807) is 28.9 Å². The van der Waals surface area contributed by atoms with Gasteiger partial charge in [-0.1, -0.05) is 0 Å². The van der Waals surface area contributed by atoms with Crippen molar-refractivity contribution in [1.29, 1.82) is 0 Å². The van der Waals surface area contributed by atoms with Crippen molar-refractivity contribution in [3.05, 3.63) is 34.5 Å². The largest absolute Gasteiger partial charge is 0.458 e. The van der Waals surface area contributed by atoms with E-state index >= 15 is 0 Å². The maximum Gasteiger partial charge on any atom is 0.316 e. The van der Waals surface area contributed by atoms with Crippen molar-refractivity contribution in [2.75, 3.05) is 13.1 Å². The second-order valence-electron chi connectivity index (χ2n) is 4.58. The highest BCUT2D eigenvalue weighted by Gasteiger charge is 2.30. The van der Waals surface area contributed by atoms with Crippen LogP contribution in [0.25, 0.3) is 0 Å². The van der Waals surface area contributed by atoms with Crippen LogP contribution in [0.5, 0.6) is 6.01 Å². The summed E-state index contributed by atoms with van der Waals surface area (Å²) in [7, 11) is 0. The van der Waals surface area contributed by atoms with Crippen molar-refractivity contribution < 1.29 is 9.53 Å². The first-order valence-electron chi connectivity index (χ1n) is 6.37. The molecular weight excluding hydrogens is 276 g/mol. The maximum atomic E-state index is 12.3. The molecule has 1 amide bonds. The first-order valence-corrected chi connectivity index (χ1v) is 7.25. The summed E-state index contributed by atoms with van der Waals surface area (Å²) in [6.07, 6.45) is 4.03. The van der Waals surface area contributed by atoms with E-state index in [0.29, 0.717) is 24.0 Å². The number of amides is 1. The Labute approximate surface area is 120 Å². The highest BCUT2D eigenvalue weighted by atomic mass is 32.1. The molecule has 3 rings (SSSR count). The van der Waals surface area contributed by atoms with Crippen LogP contribution in [0.2, 0.25) is 0 Å². The molecule has 2 aromatic rings. The van der Waals surface area contributed by atoms with E-state index in [0.717, 1.165) is 12.1 Å². The Bertz CT molecular complexity index is 601. The van der Waals surface area contributed by atoms with E-state index in [1.807, 2.05) is 6.92 Å². The number of nitrogens with zero attached hydrogens (tertiary/aromatic N) is 4. The lowest BCUT2D eigenvalue weighted by Gasteiger charge is -2.16. The minimum atomic E-state index is -0.0467. The Morgan fingerprint density at radius 3 is 2.90 bits per heavy atom. The fourth-order valence-corrected chi connectivity index (χ4v) is 2.92. The summed E-state index contributed by atoms with van der Waals surface area (Å²) in [5.41, 5.74) is 2.49. The molecule has 1 aliphatic rings. The molecule has 104 valence electrons. The number of hydrogen-bond donors (Lipinski definition) is 0. The van der Waals surface area contributed by atoms with Crippen molar-refractivity contribution in [2.45, 2.75) is 19.4 Å². The molecule has 1 aliphatic heterocycles. The average molecular weight is 290 g/mol.